The molecular weight excluding hydrogens is 380 g/mol. The van der Waals surface area contributed by atoms with E-state index in [2.05, 4.69) is 6.58 Å². The number of nitrogens with one attached hydrogen (secondary N) is 1. The van der Waals surface area contributed by atoms with E-state index in [1.807, 2.05) is 4.98 Å². The van der Waals surface area contributed by atoms with E-state index in [1.165, 1.54) is 25.3 Å². The third-order valence-corrected chi connectivity index (χ3v) is 3.86. The highest BCUT2D eigenvalue weighted by atomic mass is 35.5. The molecule has 142 valence electrons. The number of anilines is 1. The molecule has 0 atom stereocenters. The zero-order valence-corrected chi connectivity index (χ0v) is 14.8. The van der Waals surface area contributed by atoms with E-state index in [0.29, 0.717) is 0 Å². The number of carbonyl (C=O) groups is 2. The van der Waals surface area contributed by atoms with Gasteiger partial charge >= 0.3 is 11.9 Å². The Labute approximate surface area is 157 Å². The first-order valence-corrected chi connectivity index (χ1v) is 7.74. The van der Waals surface area contributed by atoms with Crippen molar-refractivity contribution in [2.24, 2.45) is 0 Å². The molecule has 2 aromatic rings. The molecule has 0 spiro atoms. The lowest BCUT2D eigenvalue weighted by Crippen LogP contribution is -2.24. The van der Waals surface area contributed by atoms with Gasteiger partial charge in [0.05, 0.1) is 12.1 Å². The minimum absolute atomic E-state index is 0.0629. The van der Waals surface area contributed by atoms with Gasteiger partial charge in [-0.2, -0.15) is 0 Å². The molecule has 1 aromatic carbocycles. The standard InChI is InChI=1S/C17H15ClN2O7/c1-3-4-27-10-6-8(18)7(5-9(10)26-2)11-12(16(22)23)14(19)20-15(21)13(11)17(24)25/h3,5-6H,1,4H2,2H3,(H,22,23)(H,24,25)(H3,19,20,21). The molecule has 10 heteroatoms. The van der Waals surface area contributed by atoms with E-state index in [-0.39, 0.29) is 28.7 Å². The lowest BCUT2D eigenvalue weighted by Gasteiger charge is -2.16. The van der Waals surface area contributed by atoms with Crippen LogP contribution in [0.5, 0.6) is 11.5 Å². The van der Waals surface area contributed by atoms with E-state index < -0.39 is 40.0 Å². The summed E-state index contributed by atoms with van der Waals surface area (Å²) in [7, 11) is 1.33. The number of ether oxygens (including phenoxy) is 2. The summed E-state index contributed by atoms with van der Waals surface area (Å²) in [5, 5.41) is 18.9. The van der Waals surface area contributed by atoms with Crippen LogP contribution in [0.25, 0.3) is 11.1 Å². The number of nitrogen functional groups attached to an aromatic ring is 1. The second-order valence-corrected chi connectivity index (χ2v) is 5.59. The number of H-pyrrole nitrogens is 1. The number of carboxylic acid groups (broad SMARTS) is 2. The van der Waals surface area contributed by atoms with Crippen molar-refractivity contribution in [2.75, 3.05) is 19.5 Å². The van der Waals surface area contributed by atoms with Crippen LogP contribution in [0.3, 0.4) is 0 Å². The zero-order valence-electron chi connectivity index (χ0n) is 14.0. The van der Waals surface area contributed by atoms with Crippen molar-refractivity contribution in [1.82, 2.24) is 4.98 Å². The fourth-order valence-electron chi connectivity index (χ4n) is 2.46. The van der Waals surface area contributed by atoms with E-state index in [0.717, 1.165) is 0 Å². The Kier molecular flexibility index (Phi) is 5.76. The van der Waals surface area contributed by atoms with Crippen molar-refractivity contribution in [2.45, 2.75) is 0 Å². The zero-order chi connectivity index (χ0) is 20.3. The Morgan fingerprint density at radius 2 is 1.89 bits per heavy atom. The SMILES string of the molecule is C=CCOc1cc(Cl)c(-c2c(C(=O)O)c(N)[nH]c(=O)c2C(=O)O)cc1OC. The lowest BCUT2D eigenvalue weighted by atomic mass is 9.95. The molecule has 0 bridgehead atoms. The molecule has 0 saturated heterocycles. The van der Waals surface area contributed by atoms with Gasteiger partial charge in [0.15, 0.2) is 11.5 Å². The Bertz CT molecular complexity index is 998. The van der Waals surface area contributed by atoms with Crippen LogP contribution in [0.15, 0.2) is 29.6 Å². The lowest BCUT2D eigenvalue weighted by molar-refractivity contribution is 0.0695. The first kappa shape index (κ1) is 19.9. The molecule has 0 radical (unpaired) electrons. The number of benzene rings is 1. The summed E-state index contributed by atoms with van der Waals surface area (Å²) in [4.78, 5) is 37.4. The second-order valence-electron chi connectivity index (χ2n) is 5.19. The van der Waals surface area contributed by atoms with Crippen LogP contribution in [0.1, 0.15) is 20.7 Å². The van der Waals surface area contributed by atoms with Crippen LogP contribution >= 0.6 is 11.6 Å². The molecular formula is C17H15ClN2O7. The van der Waals surface area contributed by atoms with Gasteiger partial charge in [0.1, 0.15) is 23.6 Å². The van der Waals surface area contributed by atoms with Gasteiger partial charge < -0.3 is 30.4 Å². The monoisotopic (exact) mass is 394 g/mol. The molecule has 0 aliphatic heterocycles. The van der Waals surface area contributed by atoms with Crippen LogP contribution in [0.4, 0.5) is 5.82 Å². The van der Waals surface area contributed by atoms with Crippen LogP contribution in [-0.4, -0.2) is 40.9 Å². The van der Waals surface area contributed by atoms with Gasteiger partial charge in [-0.25, -0.2) is 9.59 Å². The van der Waals surface area contributed by atoms with E-state index in [9.17, 15) is 24.6 Å². The highest BCUT2D eigenvalue weighted by Crippen LogP contribution is 2.41. The van der Waals surface area contributed by atoms with Crippen LogP contribution in [0, 0.1) is 0 Å². The fourth-order valence-corrected chi connectivity index (χ4v) is 2.71. The molecule has 0 amide bonds. The summed E-state index contributed by atoms with van der Waals surface area (Å²) in [6, 6.07) is 2.59. The maximum Gasteiger partial charge on any atom is 0.342 e. The summed E-state index contributed by atoms with van der Waals surface area (Å²) in [5.41, 5.74) is 2.62. The number of nitrogens with two attached hydrogens (primary N) is 1. The third kappa shape index (κ3) is 3.72. The van der Waals surface area contributed by atoms with Crippen molar-refractivity contribution < 1.29 is 29.3 Å². The predicted octanol–water partition coefficient (Wildman–Crippen LogP) is 2.25. The largest absolute Gasteiger partial charge is 0.493 e. The molecule has 0 fully saturated rings. The Morgan fingerprint density at radius 1 is 1.26 bits per heavy atom. The number of hydrogen-bond donors (Lipinski definition) is 4. The number of pyridine rings is 1. The van der Waals surface area contributed by atoms with Gasteiger partial charge in [-0.1, -0.05) is 24.3 Å². The number of aromatic nitrogens is 1. The molecule has 0 saturated carbocycles. The van der Waals surface area contributed by atoms with Gasteiger partial charge in [0.2, 0.25) is 0 Å². The number of aromatic amines is 1. The van der Waals surface area contributed by atoms with Gasteiger partial charge in [0.25, 0.3) is 5.56 Å². The molecule has 0 aliphatic rings. The molecule has 0 unspecified atom stereocenters. The van der Waals surface area contributed by atoms with E-state index in [1.54, 1.807) is 0 Å². The minimum Gasteiger partial charge on any atom is -0.493 e. The molecule has 2 rings (SSSR count). The number of carboxylic acids is 2. The second kappa shape index (κ2) is 7.83. The van der Waals surface area contributed by atoms with Crippen molar-refractivity contribution in [1.29, 1.82) is 0 Å². The summed E-state index contributed by atoms with van der Waals surface area (Å²) in [6.45, 7) is 3.66. The summed E-state index contributed by atoms with van der Waals surface area (Å²) < 4.78 is 10.6. The number of rotatable bonds is 7. The third-order valence-electron chi connectivity index (χ3n) is 3.55. The smallest absolute Gasteiger partial charge is 0.342 e. The summed E-state index contributed by atoms with van der Waals surface area (Å²) in [5.74, 6) is -3.32. The van der Waals surface area contributed by atoms with Crippen molar-refractivity contribution in [3.05, 3.63) is 51.3 Å². The van der Waals surface area contributed by atoms with Crippen LogP contribution < -0.4 is 20.8 Å². The van der Waals surface area contributed by atoms with Crippen molar-refractivity contribution in [3.8, 4) is 22.6 Å². The molecule has 27 heavy (non-hydrogen) atoms. The fraction of sp³-hybridized carbons (Fsp3) is 0.118. The quantitative estimate of drug-likeness (QED) is 0.521. The van der Waals surface area contributed by atoms with Gasteiger partial charge in [0, 0.05) is 17.2 Å². The molecule has 1 heterocycles. The van der Waals surface area contributed by atoms with E-state index >= 15 is 0 Å². The first-order chi connectivity index (χ1) is 12.7. The number of halogens is 1. The number of aromatic carboxylic acids is 2. The average Bonchev–Trinajstić information content (AvgIpc) is 2.58. The maximum atomic E-state index is 12.1. The van der Waals surface area contributed by atoms with Gasteiger partial charge in [-0.15, -0.1) is 0 Å². The Balaban J connectivity index is 2.92. The summed E-state index contributed by atoms with van der Waals surface area (Å²) in [6.07, 6.45) is 1.49. The van der Waals surface area contributed by atoms with Crippen LogP contribution in [-0.2, 0) is 0 Å². The Hall–Kier alpha value is -3.46. The predicted molar refractivity (Wildman–Crippen MR) is 98.1 cm³/mol. The average molecular weight is 395 g/mol. The van der Waals surface area contributed by atoms with Crippen LogP contribution in [0.2, 0.25) is 5.02 Å². The normalized spacial score (nSPS) is 10.3. The molecule has 0 aliphatic carbocycles. The van der Waals surface area contributed by atoms with Crippen molar-refractivity contribution >= 4 is 29.4 Å². The topological polar surface area (TPSA) is 152 Å². The maximum absolute atomic E-state index is 12.1. The highest BCUT2D eigenvalue weighted by Gasteiger charge is 2.28. The highest BCUT2D eigenvalue weighted by molar-refractivity contribution is 6.34. The van der Waals surface area contributed by atoms with Gasteiger partial charge in [-0.3, -0.25) is 4.79 Å². The summed E-state index contributed by atoms with van der Waals surface area (Å²) >= 11 is 6.23. The molecule has 9 nitrogen and oxygen atoms in total. The number of methoxy groups -OCH3 is 1. The molecule has 1 aromatic heterocycles. The Morgan fingerprint density at radius 3 is 2.41 bits per heavy atom. The number of hydrogen-bond acceptors (Lipinski definition) is 6. The van der Waals surface area contributed by atoms with E-state index in [4.69, 9.17) is 26.8 Å². The minimum atomic E-state index is -1.64. The van der Waals surface area contributed by atoms with Gasteiger partial charge in [-0.05, 0) is 6.07 Å². The van der Waals surface area contributed by atoms with Crippen molar-refractivity contribution in [3.63, 3.8) is 0 Å². The first-order valence-electron chi connectivity index (χ1n) is 7.36. The molecule has 5 N–H and O–H groups in total.